The van der Waals surface area contributed by atoms with Crippen LogP contribution in [0, 0.1) is 0 Å². The van der Waals surface area contributed by atoms with Crippen molar-refractivity contribution in [2.45, 2.75) is 19.5 Å². The van der Waals surface area contributed by atoms with Crippen LogP contribution >= 0.6 is 15.9 Å². The SMILES string of the molecule is CCc1cc(Br)ccc1Nc1ccc(N)cc1C(F)(F)F. The summed E-state index contributed by atoms with van der Waals surface area (Å²) in [5, 5.41) is 2.86. The van der Waals surface area contributed by atoms with Gasteiger partial charge in [0.25, 0.3) is 0 Å². The lowest BCUT2D eigenvalue weighted by molar-refractivity contribution is -0.136. The highest BCUT2D eigenvalue weighted by Gasteiger charge is 2.33. The standard InChI is InChI=1S/C15H14BrF3N2/c1-2-9-7-10(16)3-5-13(9)21-14-6-4-11(20)8-12(14)15(17,18)19/h3-8,21H,2,20H2,1H3. The van der Waals surface area contributed by atoms with Crippen LogP contribution in [-0.4, -0.2) is 0 Å². The lowest BCUT2D eigenvalue weighted by Crippen LogP contribution is -2.10. The first kappa shape index (κ1) is 15.7. The van der Waals surface area contributed by atoms with Crippen LogP contribution in [0.15, 0.2) is 40.9 Å². The van der Waals surface area contributed by atoms with Gasteiger partial charge in [-0.15, -0.1) is 0 Å². The number of nitrogens with one attached hydrogen (secondary N) is 1. The van der Waals surface area contributed by atoms with E-state index in [4.69, 9.17) is 5.73 Å². The molecule has 3 N–H and O–H groups in total. The smallest absolute Gasteiger partial charge is 0.399 e. The largest absolute Gasteiger partial charge is 0.418 e. The van der Waals surface area contributed by atoms with Crippen LogP contribution < -0.4 is 11.1 Å². The Morgan fingerprint density at radius 2 is 1.76 bits per heavy atom. The van der Waals surface area contributed by atoms with E-state index in [1.54, 1.807) is 12.1 Å². The van der Waals surface area contributed by atoms with Crippen molar-refractivity contribution in [2.24, 2.45) is 0 Å². The number of hydrogen-bond donors (Lipinski definition) is 2. The molecule has 6 heteroatoms. The maximum absolute atomic E-state index is 13.1. The number of nitrogens with two attached hydrogens (primary N) is 1. The van der Waals surface area contributed by atoms with Crippen molar-refractivity contribution < 1.29 is 13.2 Å². The molecule has 0 aliphatic heterocycles. The molecule has 0 radical (unpaired) electrons. The van der Waals surface area contributed by atoms with Gasteiger partial charge in [0.15, 0.2) is 0 Å². The van der Waals surface area contributed by atoms with E-state index >= 15 is 0 Å². The Labute approximate surface area is 129 Å². The lowest BCUT2D eigenvalue weighted by atomic mass is 10.1. The second-order valence-electron chi connectivity index (χ2n) is 4.58. The summed E-state index contributed by atoms with van der Waals surface area (Å²) in [7, 11) is 0. The van der Waals surface area contributed by atoms with Crippen molar-refractivity contribution in [3.05, 3.63) is 52.0 Å². The van der Waals surface area contributed by atoms with E-state index in [9.17, 15) is 13.2 Å². The van der Waals surface area contributed by atoms with Crippen molar-refractivity contribution in [1.29, 1.82) is 0 Å². The molecule has 0 unspecified atom stereocenters. The number of halogens is 4. The van der Waals surface area contributed by atoms with Gasteiger partial charge in [-0.3, -0.25) is 0 Å². The number of aryl methyl sites for hydroxylation is 1. The molecule has 0 saturated carbocycles. The molecule has 0 aliphatic carbocycles. The van der Waals surface area contributed by atoms with Gasteiger partial charge in [-0.05, 0) is 48.4 Å². The topological polar surface area (TPSA) is 38.0 Å². The van der Waals surface area contributed by atoms with E-state index < -0.39 is 11.7 Å². The van der Waals surface area contributed by atoms with Crippen molar-refractivity contribution in [3.8, 4) is 0 Å². The molecule has 2 aromatic rings. The molecule has 0 aromatic heterocycles. The second kappa shape index (κ2) is 5.97. The van der Waals surface area contributed by atoms with Gasteiger partial charge in [0.1, 0.15) is 0 Å². The van der Waals surface area contributed by atoms with E-state index in [2.05, 4.69) is 21.2 Å². The van der Waals surface area contributed by atoms with E-state index in [1.165, 1.54) is 12.1 Å². The number of benzene rings is 2. The minimum Gasteiger partial charge on any atom is -0.399 e. The van der Waals surface area contributed by atoms with Gasteiger partial charge in [0, 0.05) is 15.8 Å². The molecule has 2 aromatic carbocycles. The third-order valence-corrected chi connectivity index (χ3v) is 3.56. The molecule has 0 spiro atoms. The van der Waals surface area contributed by atoms with Crippen LogP contribution in [0.25, 0.3) is 0 Å². The van der Waals surface area contributed by atoms with Crippen molar-refractivity contribution in [2.75, 3.05) is 11.1 Å². The first-order chi connectivity index (χ1) is 9.81. The molecule has 0 fully saturated rings. The van der Waals surface area contributed by atoms with Crippen molar-refractivity contribution in [1.82, 2.24) is 0 Å². The van der Waals surface area contributed by atoms with Crippen LogP contribution in [0.5, 0.6) is 0 Å². The summed E-state index contributed by atoms with van der Waals surface area (Å²) in [4.78, 5) is 0. The Balaban J connectivity index is 2.45. The van der Waals surface area contributed by atoms with E-state index in [1.807, 2.05) is 13.0 Å². The zero-order valence-electron chi connectivity index (χ0n) is 11.3. The average molecular weight is 359 g/mol. The molecule has 2 nitrogen and oxygen atoms in total. The second-order valence-corrected chi connectivity index (χ2v) is 5.50. The number of nitrogen functional groups attached to an aromatic ring is 1. The van der Waals surface area contributed by atoms with Crippen LogP contribution in [0.4, 0.5) is 30.2 Å². The summed E-state index contributed by atoms with van der Waals surface area (Å²) >= 11 is 3.35. The number of anilines is 3. The Kier molecular flexibility index (Phi) is 4.46. The van der Waals surface area contributed by atoms with Crippen LogP contribution in [0.1, 0.15) is 18.1 Å². The predicted octanol–water partition coefficient (Wildman–Crippen LogP) is 5.36. The zero-order valence-corrected chi connectivity index (χ0v) is 12.8. The summed E-state index contributed by atoms with van der Waals surface area (Å²) in [5.74, 6) is 0. The van der Waals surface area contributed by atoms with Gasteiger partial charge < -0.3 is 11.1 Å². The average Bonchev–Trinajstić information content (AvgIpc) is 2.41. The third kappa shape index (κ3) is 3.69. The predicted molar refractivity (Wildman–Crippen MR) is 82.7 cm³/mol. The molecule has 0 atom stereocenters. The molecule has 0 aliphatic rings. The van der Waals surface area contributed by atoms with E-state index in [0.29, 0.717) is 12.1 Å². The summed E-state index contributed by atoms with van der Waals surface area (Å²) in [5.41, 5.74) is 6.34. The summed E-state index contributed by atoms with van der Waals surface area (Å²) in [6, 6.07) is 9.15. The zero-order chi connectivity index (χ0) is 15.6. The molecule has 0 saturated heterocycles. The number of hydrogen-bond acceptors (Lipinski definition) is 2. The summed E-state index contributed by atoms with van der Waals surface area (Å²) in [6.07, 6.45) is -3.75. The van der Waals surface area contributed by atoms with Gasteiger partial charge in [-0.1, -0.05) is 22.9 Å². The maximum Gasteiger partial charge on any atom is 0.418 e. The normalized spacial score (nSPS) is 11.5. The van der Waals surface area contributed by atoms with Crippen molar-refractivity contribution in [3.63, 3.8) is 0 Å². The van der Waals surface area contributed by atoms with E-state index in [0.717, 1.165) is 16.1 Å². The molecular formula is C15H14BrF3N2. The minimum absolute atomic E-state index is 0.00581. The molecule has 21 heavy (non-hydrogen) atoms. The summed E-state index contributed by atoms with van der Waals surface area (Å²) < 4.78 is 40.1. The Bertz CT molecular complexity index is 654. The Hall–Kier alpha value is -1.69. The fourth-order valence-electron chi connectivity index (χ4n) is 2.03. The first-order valence-corrected chi connectivity index (χ1v) is 7.12. The fraction of sp³-hybridized carbons (Fsp3) is 0.200. The minimum atomic E-state index is -4.46. The maximum atomic E-state index is 13.1. The lowest BCUT2D eigenvalue weighted by Gasteiger charge is -2.17. The molecular weight excluding hydrogens is 345 g/mol. The highest BCUT2D eigenvalue weighted by Crippen LogP contribution is 2.38. The van der Waals surface area contributed by atoms with Crippen molar-refractivity contribution >= 4 is 33.0 Å². The molecule has 0 amide bonds. The Morgan fingerprint density at radius 1 is 1.10 bits per heavy atom. The molecule has 112 valence electrons. The third-order valence-electron chi connectivity index (χ3n) is 3.07. The Morgan fingerprint density at radius 3 is 2.38 bits per heavy atom. The molecule has 2 rings (SSSR count). The summed E-state index contributed by atoms with van der Waals surface area (Å²) in [6.45, 7) is 1.95. The van der Waals surface area contributed by atoms with E-state index in [-0.39, 0.29) is 11.4 Å². The van der Waals surface area contributed by atoms with Gasteiger partial charge in [0.2, 0.25) is 0 Å². The van der Waals surface area contributed by atoms with Gasteiger partial charge >= 0.3 is 6.18 Å². The van der Waals surface area contributed by atoms with Crippen LogP contribution in [-0.2, 0) is 12.6 Å². The first-order valence-electron chi connectivity index (χ1n) is 6.33. The van der Waals surface area contributed by atoms with Gasteiger partial charge in [0.05, 0.1) is 11.3 Å². The van der Waals surface area contributed by atoms with Gasteiger partial charge in [-0.2, -0.15) is 13.2 Å². The monoisotopic (exact) mass is 358 g/mol. The quantitative estimate of drug-likeness (QED) is 0.725. The highest BCUT2D eigenvalue weighted by molar-refractivity contribution is 9.10. The van der Waals surface area contributed by atoms with Crippen LogP contribution in [0.3, 0.4) is 0 Å². The fourth-order valence-corrected chi connectivity index (χ4v) is 2.44. The highest BCUT2D eigenvalue weighted by atomic mass is 79.9. The number of rotatable bonds is 3. The van der Waals surface area contributed by atoms with Crippen LogP contribution in [0.2, 0.25) is 0 Å². The number of alkyl halides is 3. The molecule has 0 heterocycles. The van der Waals surface area contributed by atoms with Gasteiger partial charge in [-0.25, -0.2) is 0 Å². The molecule has 0 bridgehead atoms.